The van der Waals surface area contributed by atoms with Crippen molar-refractivity contribution in [2.75, 3.05) is 0 Å². The largest absolute Gasteiger partial charge is 0.494 e. The Kier molecular flexibility index (Phi) is 5.98. The van der Waals surface area contributed by atoms with Gasteiger partial charge in [-0.25, -0.2) is 0 Å². The number of hydrogen-bond acceptors (Lipinski definition) is 2. The summed E-state index contributed by atoms with van der Waals surface area (Å²) in [5, 5.41) is 5.35. The van der Waals surface area contributed by atoms with Crippen LogP contribution < -0.4 is 26.7 Å². The summed E-state index contributed by atoms with van der Waals surface area (Å²) in [4.78, 5) is 0. The Morgan fingerprint density at radius 1 is 0.471 bits per heavy atom. The fraction of sp³-hybridized carbons (Fsp3) is 0.200. The minimum absolute atomic E-state index is 0.356. The van der Waals surface area contributed by atoms with E-state index >= 15 is 0 Å². The summed E-state index contributed by atoms with van der Waals surface area (Å²) in [6, 6.07) is 41.7. The number of hydrogen-bond donors (Lipinski definition) is 0. The van der Waals surface area contributed by atoms with Gasteiger partial charge >= 0.3 is 7.12 Å². The lowest BCUT2D eigenvalue weighted by Gasteiger charge is -2.32. The van der Waals surface area contributed by atoms with E-state index in [1.165, 1.54) is 21.2 Å². The normalized spacial score (nSPS) is 17.0. The van der Waals surface area contributed by atoms with Gasteiger partial charge in [0.05, 0.1) is 11.2 Å². The number of rotatable bonds is 5. The summed E-state index contributed by atoms with van der Waals surface area (Å²) in [5.41, 5.74) is 0.339. The van der Waals surface area contributed by atoms with Gasteiger partial charge in [0, 0.05) is 0 Å². The highest BCUT2D eigenvalue weighted by molar-refractivity contribution is 8.01. The van der Waals surface area contributed by atoms with Gasteiger partial charge in [-0.15, -0.1) is 0 Å². The minimum Gasteiger partial charge on any atom is -0.399 e. The number of benzene rings is 4. The molecule has 0 radical (unpaired) electrons. The molecule has 4 aromatic rings. The summed E-state index contributed by atoms with van der Waals surface area (Å²) >= 11 is 0. The van der Waals surface area contributed by atoms with Gasteiger partial charge in [-0.2, -0.15) is 0 Å². The van der Waals surface area contributed by atoms with Crippen LogP contribution in [0, 0.1) is 0 Å². The van der Waals surface area contributed by atoms with Crippen LogP contribution in [0.5, 0.6) is 0 Å². The second-order valence-electron chi connectivity index (χ2n) is 9.86. The molecule has 0 aromatic heterocycles. The molecule has 4 heteroatoms. The fourth-order valence-electron chi connectivity index (χ4n) is 4.68. The Morgan fingerprint density at radius 2 is 0.794 bits per heavy atom. The molecule has 1 fully saturated rings. The van der Waals surface area contributed by atoms with Gasteiger partial charge in [-0.1, -0.05) is 66.7 Å². The zero-order valence-electron chi connectivity index (χ0n) is 20.3. The van der Waals surface area contributed by atoms with Crippen LogP contribution in [-0.2, 0) is 9.31 Å². The first-order valence-corrected chi connectivity index (χ1v) is 13.7. The molecule has 1 saturated heterocycles. The van der Waals surface area contributed by atoms with E-state index in [-0.39, 0.29) is 18.3 Å². The minimum atomic E-state index is -2.09. The molecule has 0 unspecified atom stereocenters. The van der Waals surface area contributed by atoms with Crippen LogP contribution in [0.4, 0.5) is 0 Å². The van der Waals surface area contributed by atoms with Crippen LogP contribution in [0.3, 0.4) is 0 Å². The van der Waals surface area contributed by atoms with Gasteiger partial charge in [0.25, 0.3) is 0 Å². The molecule has 0 N–H and O–H groups in total. The van der Waals surface area contributed by atoms with Gasteiger partial charge in [-0.05, 0) is 81.7 Å². The van der Waals surface area contributed by atoms with Crippen molar-refractivity contribution in [3.05, 3.63) is 115 Å². The molecule has 0 atom stereocenters. The monoisotopic (exact) mass is 465 g/mol. The van der Waals surface area contributed by atoms with Gasteiger partial charge in [-0.3, -0.25) is 0 Å². The molecule has 0 bridgehead atoms. The highest BCUT2D eigenvalue weighted by Crippen LogP contribution is 2.54. The molecule has 0 aliphatic carbocycles. The maximum atomic E-state index is 6.32. The summed E-state index contributed by atoms with van der Waals surface area (Å²) in [5.74, 6) is 0. The molecular weight excluding hydrogens is 434 g/mol. The zero-order valence-corrected chi connectivity index (χ0v) is 21.2. The first-order chi connectivity index (χ1) is 16.3. The molecule has 170 valence electrons. The van der Waals surface area contributed by atoms with Crippen molar-refractivity contribution in [3.63, 3.8) is 0 Å². The second-order valence-corrected chi connectivity index (χ2v) is 13.3. The highest BCUT2D eigenvalue weighted by Gasteiger charge is 2.52. The smallest absolute Gasteiger partial charge is 0.399 e. The molecule has 2 nitrogen and oxygen atoms in total. The predicted octanol–water partition coefficient (Wildman–Crippen LogP) is 4.61. The quantitative estimate of drug-likeness (QED) is 0.317. The van der Waals surface area contributed by atoms with Crippen molar-refractivity contribution in [1.29, 1.82) is 0 Å². The second kappa shape index (κ2) is 8.82. The molecule has 0 spiro atoms. The third-order valence-electron chi connectivity index (χ3n) is 7.24. The standard InChI is InChI=1S/C30H31BO2P/c1-29(2)30(3,4)33-31(32-29)24-20-22-28(23-21-24)34(25-14-8-5-9-15-25,26-16-10-6-11-17-26)27-18-12-7-13-19-27/h5-23H,1-4H3/q+1. The van der Waals surface area contributed by atoms with E-state index in [9.17, 15) is 0 Å². The van der Waals surface area contributed by atoms with Gasteiger partial charge in [0.2, 0.25) is 0 Å². The molecule has 1 aliphatic rings. The lowest BCUT2D eigenvalue weighted by Crippen LogP contribution is -2.41. The third kappa shape index (κ3) is 3.83. The van der Waals surface area contributed by atoms with E-state index in [1.807, 2.05) is 0 Å². The van der Waals surface area contributed by atoms with Crippen molar-refractivity contribution in [2.45, 2.75) is 38.9 Å². The average Bonchev–Trinajstić information content (AvgIpc) is 3.09. The van der Waals surface area contributed by atoms with E-state index in [0.717, 1.165) is 5.46 Å². The fourth-order valence-corrected chi connectivity index (χ4v) is 8.93. The van der Waals surface area contributed by atoms with Crippen molar-refractivity contribution in [1.82, 2.24) is 0 Å². The summed E-state index contributed by atoms with van der Waals surface area (Å²) in [6.07, 6.45) is 0. The highest BCUT2D eigenvalue weighted by atomic mass is 31.2. The SMILES string of the molecule is CC1(C)OB(c2ccc([P+](c3ccccc3)(c3ccccc3)c3ccccc3)cc2)OC1(C)C. The Balaban J connectivity index is 1.68. The Labute approximate surface area is 204 Å². The Bertz CT molecular complexity index is 1130. The molecule has 4 aromatic carbocycles. The first kappa shape index (κ1) is 23.1. The summed E-state index contributed by atoms with van der Waals surface area (Å²) in [6.45, 7) is 8.38. The lowest BCUT2D eigenvalue weighted by molar-refractivity contribution is 0.00578. The maximum absolute atomic E-state index is 6.32. The lowest BCUT2D eigenvalue weighted by atomic mass is 9.79. The van der Waals surface area contributed by atoms with E-state index in [4.69, 9.17) is 9.31 Å². The topological polar surface area (TPSA) is 18.5 Å². The van der Waals surface area contributed by atoms with Crippen molar-refractivity contribution in [3.8, 4) is 0 Å². The predicted molar refractivity (Wildman–Crippen MR) is 147 cm³/mol. The molecular formula is C30H31BO2P+. The first-order valence-electron chi connectivity index (χ1n) is 11.9. The summed E-state index contributed by atoms with van der Waals surface area (Å²) in [7, 11) is -2.45. The van der Waals surface area contributed by atoms with Crippen LogP contribution >= 0.6 is 7.26 Å². The molecule has 34 heavy (non-hydrogen) atoms. The summed E-state index contributed by atoms with van der Waals surface area (Å²) < 4.78 is 12.6. The van der Waals surface area contributed by atoms with Crippen LogP contribution in [0.15, 0.2) is 115 Å². The van der Waals surface area contributed by atoms with Gasteiger partial charge < -0.3 is 9.31 Å². The van der Waals surface area contributed by atoms with E-state index in [2.05, 4.69) is 143 Å². The molecule has 1 heterocycles. The van der Waals surface area contributed by atoms with Crippen molar-refractivity contribution < 1.29 is 9.31 Å². The zero-order chi connectivity index (χ0) is 23.8. The van der Waals surface area contributed by atoms with E-state index < -0.39 is 7.26 Å². The maximum Gasteiger partial charge on any atom is 0.494 e. The van der Waals surface area contributed by atoms with Gasteiger partial charge in [0.1, 0.15) is 28.5 Å². The van der Waals surface area contributed by atoms with Crippen molar-refractivity contribution in [2.24, 2.45) is 0 Å². The van der Waals surface area contributed by atoms with Crippen LogP contribution in [0.1, 0.15) is 27.7 Å². The Morgan fingerprint density at radius 3 is 1.15 bits per heavy atom. The molecule has 1 aliphatic heterocycles. The van der Waals surface area contributed by atoms with Gasteiger partial charge in [0.15, 0.2) is 0 Å². The molecule has 0 saturated carbocycles. The molecule has 5 rings (SSSR count). The van der Waals surface area contributed by atoms with Crippen LogP contribution in [0.25, 0.3) is 0 Å². The van der Waals surface area contributed by atoms with E-state index in [1.54, 1.807) is 0 Å². The van der Waals surface area contributed by atoms with Crippen LogP contribution in [0.2, 0.25) is 0 Å². The van der Waals surface area contributed by atoms with Crippen molar-refractivity contribution >= 4 is 41.1 Å². The third-order valence-corrected chi connectivity index (χ3v) is 11.5. The molecule has 0 amide bonds. The van der Waals surface area contributed by atoms with E-state index in [0.29, 0.717) is 0 Å². The average molecular weight is 465 g/mol. The Hall–Kier alpha value is -2.71. The van der Waals surface area contributed by atoms with Crippen LogP contribution in [-0.4, -0.2) is 18.3 Å².